The van der Waals surface area contributed by atoms with E-state index in [2.05, 4.69) is 23.5 Å². The molecule has 3 rings (SSSR count). The number of aliphatic hydroxyl groups is 3. The summed E-state index contributed by atoms with van der Waals surface area (Å²) in [6.07, 6.45) is -6.11. The van der Waals surface area contributed by atoms with Crippen molar-refractivity contribution in [3.05, 3.63) is 12.0 Å². The third-order valence-corrected chi connectivity index (χ3v) is 8.16. The summed E-state index contributed by atoms with van der Waals surface area (Å²) in [5.41, 5.74) is 5.84. The number of imidazole rings is 1. The molecule has 33 heavy (non-hydrogen) atoms. The van der Waals surface area contributed by atoms with E-state index in [0.717, 1.165) is 0 Å². The van der Waals surface area contributed by atoms with Crippen molar-refractivity contribution in [3.63, 3.8) is 0 Å². The van der Waals surface area contributed by atoms with Crippen LogP contribution < -0.4 is 15.6 Å². The molecule has 2 aliphatic heterocycles. The van der Waals surface area contributed by atoms with E-state index in [1.54, 1.807) is 7.05 Å². The Morgan fingerprint density at radius 3 is 2.39 bits per heavy atom. The van der Waals surface area contributed by atoms with Gasteiger partial charge < -0.3 is 45.4 Å². The summed E-state index contributed by atoms with van der Waals surface area (Å²) in [4.78, 5) is 39.5. The minimum absolute atomic E-state index is 0.146. The number of anilines is 1. The molecule has 0 aliphatic carbocycles. The van der Waals surface area contributed by atoms with Gasteiger partial charge in [0.2, 0.25) is 18.1 Å². The maximum Gasteiger partial charge on any atom is 0.490 e. The first kappa shape index (κ1) is 26.3. The average molecular weight is 540 g/mol. The van der Waals surface area contributed by atoms with Gasteiger partial charge in [0.1, 0.15) is 18.3 Å². The van der Waals surface area contributed by atoms with Crippen molar-refractivity contribution in [1.29, 1.82) is 0 Å². The zero-order valence-electron chi connectivity index (χ0n) is 16.4. The van der Waals surface area contributed by atoms with Crippen LogP contribution in [0.3, 0.4) is 0 Å². The lowest BCUT2D eigenvalue weighted by atomic mass is 10.1. The Hall–Kier alpha value is -1.27. The van der Waals surface area contributed by atoms with E-state index in [1.807, 2.05) is 0 Å². The van der Waals surface area contributed by atoms with Gasteiger partial charge in [-0.25, -0.2) is 23.6 Å². The van der Waals surface area contributed by atoms with E-state index in [-0.39, 0.29) is 17.5 Å². The molecule has 0 radical (unpaired) electrons. The molecular formula is C11H21N5O14P3+. The molecule has 3 heterocycles. The normalized spacial score (nSPS) is 31.3. The standard InChI is InChI=1S/C11H20N5O14P3/c1-15-3-16(8-5(15)9(19)14-11(12)13-8)10-7(18)6(17)4(28-10)2-27-32(23,24)30-33(25,26)29-31(20,21)22/h3-4,6-7,9-10,17-19H,2H2,1H3,(H6-,12,13,14,20,21,22,23,24,25,26)/p+1/t4-,6-,7-,9+,10-/m1/s1. The van der Waals surface area contributed by atoms with Crippen LogP contribution in [0.1, 0.15) is 18.1 Å². The van der Waals surface area contributed by atoms with Gasteiger partial charge in [-0.15, -0.1) is 0 Å². The van der Waals surface area contributed by atoms with Crippen LogP contribution in [0.5, 0.6) is 0 Å². The number of aliphatic imine (C=N–C) groups is 1. The van der Waals surface area contributed by atoms with Gasteiger partial charge in [-0.05, 0) is 0 Å². The number of aryl methyl sites for hydroxylation is 1. The van der Waals surface area contributed by atoms with Crippen molar-refractivity contribution in [2.45, 2.75) is 30.8 Å². The number of nitrogens with two attached hydrogens (primary N) is 1. The molecule has 0 saturated carbocycles. The van der Waals surface area contributed by atoms with Gasteiger partial charge in [0.15, 0.2) is 6.33 Å². The molecule has 1 saturated heterocycles. The molecule has 0 bridgehead atoms. The first-order valence-corrected chi connectivity index (χ1v) is 13.2. The van der Waals surface area contributed by atoms with Gasteiger partial charge in [-0.2, -0.15) is 13.6 Å². The fourth-order valence-corrected chi connectivity index (χ4v) is 6.18. The lowest BCUT2D eigenvalue weighted by Crippen LogP contribution is -2.48. The lowest BCUT2D eigenvalue weighted by Gasteiger charge is -2.19. The summed E-state index contributed by atoms with van der Waals surface area (Å²) in [5.74, 6) is 0.0227. The molecule has 1 fully saturated rings. The monoisotopic (exact) mass is 540 g/mol. The smallest absolute Gasteiger partial charge is 0.387 e. The maximum atomic E-state index is 11.9. The SMILES string of the molecule is Cn1c[n+]([C@@H]2O[C@H](COP(=O)(O)OP(=O)(O)OP(=O)(O)O)[C@@H](O)[C@H]2O)c2c1[C@H](O)N=C(N)N2. The number of phosphoric acid groups is 3. The Morgan fingerprint density at radius 2 is 1.79 bits per heavy atom. The topological polar surface area (TPSA) is 289 Å². The van der Waals surface area contributed by atoms with Gasteiger partial charge in [0.05, 0.1) is 13.7 Å². The zero-order valence-corrected chi connectivity index (χ0v) is 19.1. The Labute approximate surface area is 184 Å². The van der Waals surface area contributed by atoms with E-state index < -0.39 is 60.8 Å². The number of nitrogens with zero attached hydrogens (tertiary/aromatic N) is 3. The molecule has 0 spiro atoms. The van der Waals surface area contributed by atoms with Crippen molar-refractivity contribution >= 4 is 35.2 Å². The van der Waals surface area contributed by atoms with Crippen molar-refractivity contribution in [1.82, 2.24) is 4.57 Å². The second-order valence-corrected chi connectivity index (χ2v) is 11.2. The zero-order chi connectivity index (χ0) is 24.9. The number of rotatable bonds is 8. The number of hydrogen-bond acceptors (Lipinski definition) is 13. The number of hydrogen-bond donors (Lipinski definition) is 9. The van der Waals surface area contributed by atoms with Crippen LogP contribution in [0.2, 0.25) is 0 Å². The quantitative estimate of drug-likeness (QED) is 0.117. The van der Waals surface area contributed by atoms with Crippen molar-refractivity contribution < 1.29 is 71.0 Å². The number of fused-ring (bicyclic) bond motifs is 1. The number of nitrogens with one attached hydrogen (secondary N) is 1. The Kier molecular flexibility index (Phi) is 7.24. The lowest BCUT2D eigenvalue weighted by molar-refractivity contribution is -0.753. The molecule has 188 valence electrons. The summed E-state index contributed by atoms with van der Waals surface area (Å²) in [7, 11) is -15.2. The van der Waals surface area contributed by atoms with Crippen molar-refractivity contribution in [3.8, 4) is 0 Å². The third kappa shape index (κ3) is 6.05. The molecule has 1 aromatic rings. The predicted molar refractivity (Wildman–Crippen MR) is 102 cm³/mol. The fourth-order valence-electron chi connectivity index (χ4n) is 3.15. The summed E-state index contributed by atoms with van der Waals surface area (Å²) >= 11 is 0. The van der Waals surface area contributed by atoms with E-state index in [1.165, 1.54) is 15.5 Å². The molecule has 1 aromatic heterocycles. The summed E-state index contributed by atoms with van der Waals surface area (Å²) in [6, 6.07) is 0. The van der Waals surface area contributed by atoms with Gasteiger partial charge in [0, 0.05) is 0 Å². The van der Waals surface area contributed by atoms with E-state index in [0.29, 0.717) is 0 Å². The molecule has 22 heteroatoms. The molecule has 0 aromatic carbocycles. The van der Waals surface area contributed by atoms with Crippen LogP contribution in [-0.4, -0.2) is 70.3 Å². The summed E-state index contributed by atoms with van der Waals surface area (Å²) in [5, 5.41) is 33.4. The molecule has 19 nitrogen and oxygen atoms in total. The predicted octanol–water partition coefficient (Wildman–Crippen LogP) is -2.99. The first-order valence-electron chi connectivity index (χ1n) is 8.68. The van der Waals surface area contributed by atoms with Crippen molar-refractivity contribution in [2.75, 3.05) is 11.9 Å². The van der Waals surface area contributed by atoms with Crippen LogP contribution in [0.25, 0.3) is 0 Å². The Balaban J connectivity index is 1.71. The number of ether oxygens (including phenoxy) is 1. The molecular weight excluding hydrogens is 519 g/mol. The number of aromatic nitrogens is 2. The van der Waals surface area contributed by atoms with Gasteiger partial charge >= 0.3 is 23.5 Å². The van der Waals surface area contributed by atoms with E-state index >= 15 is 0 Å². The molecule has 2 unspecified atom stereocenters. The highest BCUT2D eigenvalue weighted by Gasteiger charge is 2.49. The summed E-state index contributed by atoms with van der Waals surface area (Å²) in [6.45, 7) is -0.979. The third-order valence-electron chi connectivity index (χ3n) is 4.36. The second kappa shape index (κ2) is 9.07. The minimum atomic E-state index is -5.72. The highest BCUT2D eigenvalue weighted by Crippen LogP contribution is 2.66. The highest BCUT2D eigenvalue weighted by atomic mass is 31.3. The maximum absolute atomic E-state index is 11.9. The van der Waals surface area contributed by atoms with Crippen LogP contribution in [0, 0.1) is 0 Å². The highest BCUT2D eigenvalue weighted by molar-refractivity contribution is 7.66. The van der Waals surface area contributed by atoms with Crippen molar-refractivity contribution in [2.24, 2.45) is 17.8 Å². The summed E-state index contributed by atoms with van der Waals surface area (Å²) < 4.78 is 53.6. The van der Waals surface area contributed by atoms with E-state index in [4.69, 9.17) is 25.2 Å². The van der Waals surface area contributed by atoms with Gasteiger partial charge in [-0.1, -0.05) is 0 Å². The van der Waals surface area contributed by atoms with E-state index in [9.17, 15) is 33.9 Å². The Bertz CT molecular complexity index is 1090. The molecule has 10 N–H and O–H groups in total. The number of guanidine groups is 1. The largest absolute Gasteiger partial charge is 0.490 e. The second-order valence-electron chi connectivity index (χ2n) is 6.81. The average Bonchev–Trinajstić information content (AvgIpc) is 3.07. The number of phosphoric ester groups is 1. The molecule has 2 aliphatic rings. The molecule has 0 amide bonds. The fraction of sp³-hybridized carbons (Fsp3) is 0.636. The first-order chi connectivity index (χ1) is 15.0. The van der Waals surface area contributed by atoms with Crippen LogP contribution >= 0.6 is 23.5 Å². The Morgan fingerprint density at radius 1 is 1.15 bits per heavy atom. The van der Waals surface area contributed by atoms with Gasteiger partial charge in [-0.3, -0.25) is 9.09 Å². The minimum Gasteiger partial charge on any atom is -0.387 e. The van der Waals surface area contributed by atoms with Crippen LogP contribution in [0.15, 0.2) is 11.3 Å². The molecule has 7 atom stereocenters. The van der Waals surface area contributed by atoms with Gasteiger partial charge in [0.25, 0.3) is 11.8 Å². The van der Waals surface area contributed by atoms with Crippen LogP contribution in [0.4, 0.5) is 5.82 Å². The van der Waals surface area contributed by atoms with Crippen LogP contribution in [-0.2, 0) is 38.6 Å². The number of aliphatic hydroxyl groups excluding tert-OH is 3.